The number of piperidine rings is 1. The summed E-state index contributed by atoms with van der Waals surface area (Å²) in [4.78, 5) is 13.8. The highest BCUT2D eigenvalue weighted by Gasteiger charge is 2.48. The molecule has 3 fully saturated rings. The van der Waals surface area contributed by atoms with Gasteiger partial charge in [-0.3, -0.25) is 4.55 Å². The number of amides is 2. The van der Waals surface area contributed by atoms with Crippen LogP contribution in [0.25, 0.3) is 0 Å². The monoisotopic (exact) mass is 374 g/mol. The average Bonchev–Trinajstić information content (AvgIpc) is 3.05. The Morgan fingerprint density at radius 3 is 2.88 bits per heavy atom. The molecule has 1 aromatic heterocycles. The lowest BCUT2D eigenvalue weighted by Gasteiger charge is -2.28. The van der Waals surface area contributed by atoms with Gasteiger partial charge in [-0.2, -0.15) is 13.5 Å². The summed E-state index contributed by atoms with van der Waals surface area (Å²) < 4.78 is 45.9. The molecule has 1 aromatic rings. The standard InChI is InChI=1S/C13H18N4O7S/c18-13-16-6-8(17(13)24-25(19,20)21)1-2-12(16)11-3-9(23-15-11)7-22-10-4-14-5-10/h3,8,10,12,14H,1-2,4-7H2,(H,19,20,21)/t8-,12+/m1/s1. The lowest BCUT2D eigenvalue weighted by molar-refractivity contribution is -0.0317. The van der Waals surface area contributed by atoms with E-state index >= 15 is 0 Å². The fraction of sp³-hybridized carbons (Fsp3) is 0.692. The molecule has 3 aliphatic heterocycles. The van der Waals surface area contributed by atoms with Gasteiger partial charge in [0.1, 0.15) is 12.3 Å². The second kappa shape index (κ2) is 6.21. The number of rotatable bonds is 6. The van der Waals surface area contributed by atoms with Gasteiger partial charge in [-0.15, -0.1) is 4.28 Å². The predicted octanol–water partition coefficient (Wildman–Crippen LogP) is -0.161. The van der Waals surface area contributed by atoms with Crippen molar-refractivity contribution in [2.45, 2.75) is 37.6 Å². The van der Waals surface area contributed by atoms with Crippen LogP contribution < -0.4 is 5.32 Å². The highest BCUT2D eigenvalue weighted by atomic mass is 32.3. The number of aromatic nitrogens is 1. The number of fused-ring (bicyclic) bond motifs is 2. The molecule has 0 aliphatic carbocycles. The lowest BCUT2D eigenvalue weighted by Crippen LogP contribution is -2.48. The van der Waals surface area contributed by atoms with E-state index in [9.17, 15) is 13.2 Å². The average molecular weight is 374 g/mol. The summed E-state index contributed by atoms with van der Waals surface area (Å²) in [5.41, 5.74) is 0.589. The third-order valence-corrected chi connectivity index (χ3v) is 4.97. The van der Waals surface area contributed by atoms with Crippen molar-refractivity contribution in [3.8, 4) is 0 Å². The smallest absolute Gasteiger partial charge is 0.368 e. The number of carbonyl (C=O) groups is 1. The molecular formula is C13H18N4O7S. The largest absolute Gasteiger partial charge is 0.418 e. The van der Waals surface area contributed by atoms with Gasteiger partial charge in [0.15, 0.2) is 5.76 Å². The van der Waals surface area contributed by atoms with E-state index in [1.54, 1.807) is 6.07 Å². The quantitative estimate of drug-likeness (QED) is 0.651. The topological polar surface area (TPSA) is 134 Å². The van der Waals surface area contributed by atoms with Crippen LogP contribution in [0.3, 0.4) is 0 Å². The molecule has 2 amide bonds. The third-order valence-electron chi connectivity index (χ3n) is 4.62. The van der Waals surface area contributed by atoms with Gasteiger partial charge >= 0.3 is 16.4 Å². The van der Waals surface area contributed by atoms with Crippen LogP contribution in [0.5, 0.6) is 0 Å². The second-order valence-corrected chi connectivity index (χ2v) is 7.32. The molecule has 0 saturated carbocycles. The Balaban J connectivity index is 1.43. The number of hydrogen-bond acceptors (Lipinski definition) is 8. The summed E-state index contributed by atoms with van der Waals surface area (Å²) >= 11 is 0. The first-order chi connectivity index (χ1) is 11.9. The first-order valence-electron chi connectivity index (χ1n) is 7.95. The van der Waals surface area contributed by atoms with Crippen LogP contribution in [-0.4, -0.2) is 65.9 Å². The van der Waals surface area contributed by atoms with Gasteiger partial charge in [-0.25, -0.2) is 4.79 Å². The Kier molecular flexibility index (Phi) is 4.16. The van der Waals surface area contributed by atoms with E-state index in [0.717, 1.165) is 13.1 Å². The molecule has 11 nitrogen and oxygen atoms in total. The fourth-order valence-electron chi connectivity index (χ4n) is 3.27. The van der Waals surface area contributed by atoms with Crippen molar-refractivity contribution in [1.82, 2.24) is 20.4 Å². The van der Waals surface area contributed by atoms with Crippen molar-refractivity contribution in [2.24, 2.45) is 0 Å². The van der Waals surface area contributed by atoms with Crippen molar-refractivity contribution in [3.63, 3.8) is 0 Å². The molecule has 0 aromatic carbocycles. The van der Waals surface area contributed by atoms with Gasteiger partial charge in [0.05, 0.1) is 18.2 Å². The number of hydrogen-bond donors (Lipinski definition) is 2. The number of ether oxygens (including phenoxy) is 1. The van der Waals surface area contributed by atoms with E-state index in [2.05, 4.69) is 14.8 Å². The molecule has 2 bridgehead atoms. The normalized spacial score (nSPS) is 27.0. The van der Waals surface area contributed by atoms with Crippen LogP contribution >= 0.6 is 0 Å². The van der Waals surface area contributed by atoms with Crippen molar-refractivity contribution < 1.29 is 31.3 Å². The number of nitrogens with zero attached hydrogens (tertiary/aromatic N) is 3. The molecule has 4 rings (SSSR count). The Hall–Kier alpha value is -1.73. The second-order valence-electron chi connectivity index (χ2n) is 6.32. The maximum absolute atomic E-state index is 12.4. The first kappa shape index (κ1) is 16.7. The maximum Gasteiger partial charge on any atom is 0.418 e. The van der Waals surface area contributed by atoms with Crippen molar-refractivity contribution in [2.75, 3.05) is 19.6 Å². The molecule has 2 atom stereocenters. The van der Waals surface area contributed by atoms with Gasteiger partial charge in [0.25, 0.3) is 0 Å². The van der Waals surface area contributed by atoms with Gasteiger partial charge in [-0.05, 0) is 12.8 Å². The lowest BCUT2D eigenvalue weighted by atomic mass is 9.98. The molecule has 0 radical (unpaired) electrons. The van der Waals surface area contributed by atoms with Crippen LogP contribution in [0, 0.1) is 0 Å². The number of hydroxylamine groups is 2. The van der Waals surface area contributed by atoms with Crippen LogP contribution in [0.2, 0.25) is 0 Å². The first-order valence-corrected chi connectivity index (χ1v) is 9.32. The highest BCUT2D eigenvalue weighted by Crippen LogP contribution is 2.38. The predicted molar refractivity (Wildman–Crippen MR) is 80.3 cm³/mol. The molecule has 138 valence electrons. The van der Waals surface area contributed by atoms with E-state index < -0.39 is 22.5 Å². The molecule has 3 aliphatic rings. The van der Waals surface area contributed by atoms with Gasteiger partial charge < -0.3 is 19.5 Å². The Labute approximate surface area is 143 Å². The molecule has 4 heterocycles. The number of carbonyl (C=O) groups excluding carboxylic acids is 1. The molecule has 2 N–H and O–H groups in total. The molecule has 25 heavy (non-hydrogen) atoms. The molecule has 0 spiro atoms. The number of nitrogens with one attached hydrogen (secondary N) is 1. The molecular weight excluding hydrogens is 356 g/mol. The minimum atomic E-state index is -4.75. The zero-order chi connectivity index (χ0) is 17.6. The van der Waals surface area contributed by atoms with Gasteiger partial charge in [0, 0.05) is 25.7 Å². The third kappa shape index (κ3) is 3.35. The van der Waals surface area contributed by atoms with Gasteiger partial charge in [0.2, 0.25) is 0 Å². The molecule has 0 unspecified atom stereocenters. The summed E-state index contributed by atoms with van der Waals surface area (Å²) in [6.07, 6.45) is 1.28. The number of urea groups is 1. The minimum absolute atomic E-state index is 0.176. The van der Waals surface area contributed by atoms with Crippen molar-refractivity contribution in [3.05, 3.63) is 17.5 Å². The van der Waals surface area contributed by atoms with E-state index in [-0.39, 0.29) is 12.1 Å². The van der Waals surface area contributed by atoms with E-state index in [0.29, 0.717) is 42.5 Å². The maximum atomic E-state index is 12.4. The van der Waals surface area contributed by atoms with Crippen molar-refractivity contribution in [1.29, 1.82) is 0 Å². The zero-order valence-electron chi connectivity index (χ0n) is 13.2. The molecule has 12 heteroatoms. The van der Waals surface area contributed by atoms with Crippen molar-refractivity contribution >= 4 is 16.4 Å². The SMILES string of the molecule is O=C1N2C[C@@H](CC[C@H]2c2cc(COC3CNC3)on2)N1OS(=O)(=O)O. The highest BCUT2D eigenvalue weighted by molar-refractivity contribution is 7.80. The fourth-order valence-corrected chi connectivity index (χ4v) is 3.66. The summed E-state index contributed by atoms with van der Waals surface area (Å²) in [6.45, 7) is 2.24. The summed E-state index contributed by atoms with van der Waals surface area (Å²) in [7, 11) is -4.75. The minimum Gasteiger partial charge on any atom is -0.368 e. The Morgan fingerprint density at radius 1 is 1.40 bits per heavy atom. The summed E-state index contributed by atoms with van der Waals surface area (Å²) in [5.74, 6) is 0.571. The molecule has 3 saturated heterocycles. The van der Waals surface area contributed by atoms with E-state index in [1.165, 1.54) is 4.90 Å². The summed E-state index contributed by atoms with van der Waals surface area (Å²) in [6, 6.07) is 0.371. The zero-order valence-corrected chi connectivity index (χ0v) is 14.0. The van der Waals surface area contributed by atoms with Crippen LogP contribution in [0.15, 0.2) is 10.6 Å². The summed E-state index contributed by atoms with van der Waals surface area (Å²) in [5, 5.41) is 7.84. The van der Waals surface area contributed by atoms with Gasteiger partial charge in [-0.1, -0.05) is 5.16 Å². The van der Waals surface area contributed by atoms with Crippen LogP contribution in [0.1, 0.15) is 30.3 Å². The van der Waals surface area contributed by atoms with E-state index in [1.807, 2.05) is 0 Å². The van der Waals surface area contributed by atoms with Crippen LogP contribution in [0.4, 0.5) is 4.79 Å². The van der Waals surface area contributed by atoms with E-state index in [4.69, 9.17) is 13.8 Å². The Morgan fingerprint density at radius 2 is 2.20 bits per heavy atom. The van der Waals surface area contributed by atoms with Crippen LogP contribution in [-0.2, 0) is 26.0 Å². The Bertz CT molecular complexity index is 762.